The lowest BCUT2D eigenvalue weighted by molar-refractivity contribution is 0.186. The Bertz CT molecular complexity index is 1330. The van der Waals surface area contributed by atoms with Crippen LogP contribution in [-0.2, 0) is 26.0 Å². The fourth-order valence-corrected chi connectivity index (χ4v) is 6.00. The third-order valence-corrected chi connectivity index (χ3v) is 7.75. The molecule has 8 heteroatoms. The van der Waals surface area contributed by atoms with Gasteiger partial charge in [-0.3, -0.25) is 9.88 Å². The molecule has 2 aliphatic heterocycles. The molecule has 32 heavy (non-hydrogen) atoms. The highest BCUT2D eigenvalue weighted by Crippen LogP contribution is 2.48. The van der Waals surface area contributed by atoms with Crippen LogP contribution >= 0.6 is 22.9 Å². The van der Waals surface area contributed by atoms with E-state index in [1.165, 1.54) is 5.56 Å². The Balaban J connectivity index is 1.42. The molecule has 0 saturated heterocycles. The molecule has 0 bridgehead atoms. The number of hydrogen-bond donors (Lipinski definition) is 1. The van der Waals surface area contributed by atoms with Gasteiger partial charge < -0.3 is 14.4 Å². The first-order chi connectivity index (χ1) is 15.6. The van der Waals surface area contributed by atoms with Gasteiger partial charge in [-0.25, -0.2) is 0 Å². The van der Waals surface area contributed by atoms with Crippen LogP contribution in [0.5, 0.6) is 5.75 Å². The Morgan fingerprint density at radius 3 is 3.03 bits per heavy atom. The number of halogens is 1. The van der Waals surface area contributed by atoms with Crippen LogP contribution in [-0.4, -0.2) is 33.2 Å². The number of aliphatic hydroxyl groups excluding tert-OH is 1. The summed E-state index contributed by atoms with van der Waals surface area (Å²) in [6.45, 7) is 5.03. The van der Waals surface area contributed by atoms with Gasteiger partial charge in [-0.1, -0.05) is 23.7 Å². The van der Waals surface area contributed by atoms with E-state index in [0.717, 1.165) is 75.0 Å². The molecule has 5 heterocycles. The summed E-state index contributed by atoms with van der Waals surface area (Å²) >= 11 is 8.08. The van der Waals surface area contributed by atoms with Crippen LogP contribution in [0.4, 0.5) is 0 Å². The van der Waals surface area contributed by atoms with Crippen LogP contribution in [0.1, 0.15) is 40.5 Å². The van der Waals surface area contributed by atoms with E-state index in [1.807, 2.05) is 24.3 Å². The summed E-state index contributed by atoms with van der Waals surface area (Å²) in [4.78, 5) is 7.75. The first kappa shape index (κ1) is 20.2. The molecule has 4 aromatic rings. The quantitative estimate of drug-likeness (QED) is 0.447. The number of pyridine rings is 1. The van der Waals surface area contributed by atoms with Gasteiger partial charge >= 0.3 is 0 Å². The molecule has 3 aromatic heterocycles. The smallest absolute Gasteiger partial charge is 0.182 e. The van der Waals surface area contributed by atoms with Gasteiger partial charge in [0.25, 0.3) is 0 Å². The largest absolute Gasteiger partial charge is 0.481 e. The molecule has 0 fully saturated rings. The number of aliphatic hydroxyl groups is 1. The molecular weight excluding hydrogens is 446 g/mol. The summed E-state index contributed by atoms with van der Waals surface area (Å²) in [5.74, 6) is 1.66. The second-order valence-corrected chi connectivity index (χ2v) is 9.86. The van der Waals surface area contributed by atoms with Gasteiger partial charge in [0.05, 0.1) is 22.5 Å². The Kier molecular flexibility index (Phi) is 4.95. The minimum absolute atomic E-state index is 0.00191. The summed E-state index contributed by atoms with van der Waals surface area (Å²) in [6, 6.07) is 7.84. The van der Waals surface area contributed by atoms with Gasteiger partial charge in [0, 0.05) is 64.3 Å². The highest BCUT2D eigenvalue weighted by atomic mass is 35.5. The normalized spacial score (nSPS) is 18.0. The fourth-order valence-electron chi connectivity index (χ4n) is 4.76. The lowest BCUT2D eigenvalue weighted by Crippen LogP contribution is -2.30. The zero-order valence-electron chi connectivity index (χ0n) is 17.6. The van der Waals surface area contributed by atoms with E-state index in [4.69, 9.17) is 20.9 Å². The van der Waals surface area contributed by atoms with Crippen molar-refractivity contribution in [3.05, 3.63) is 62.9 Å². The zero-order valence-corrected chi connectivity index (χ0v) is 19.2. The molecule has 164 valence electrons. The highest BCUT2D eigenvalue weighted by Gasteiger charge is 2.35. The second-order valence-electron chi connectivity index (χ2n) is 8.29. The van der Waals surface area contributed by atoms with Crippen molar-refractivity contribution in [2.75, 3.05) is 13.1 Å². The van der Waals surface area contributed by atoms with Crippen molar-refractivity contribution in [3.63, 3.8) is 0 Å². The summed E-state index contributed by atoms with van der Waals surface area (Å²) in [7, 11) is 0. The van der Waals surface area contributed by atoms with Crippen LogP contribution in [0.3, 0.4) is 0 Å². The van der Waals surface area contributed by atoms with Gasteiger partial charge in [0.2, 0.25) is 0 Å². The molecule has 0 spiro atoms. The molecule has 6 rings (SSSR count). The third kappa shape index (κ3) is 3.23. The summed E-state index contributed by atoms with van der Waals surface area (Å²) in [5.41, 5.74) is 6.10. The van der Waals surface area contributed by atoms with Gasteiger partial charge in [-0.2, -0.15) is 0 Å². The molecule has 1 unspecified atom stereocenters. The van der Waals surface area contributed by atoms with Crippen LogP contribution in [0, 0.1) is 0 Å². The van der Waals surface area contributed by atoms with Crippen molar-refractivity contribution in [1.82, 2.24) is 15.0 Å². The number of aromatic nitrogens is 2. The Morgan fingerprint density at radius 1 is 1.28 bits per heavy atom. The van der Waals surface area contributed by atoms with Crippen molar-refractivity contribution >= 4 is 33.2 Å². The standard InChI is InChI=1S/C24H22ClN3O3S/c1-2-28-6-4-19-18(11-28)23(31-27-19)21-8-13-7-14(25)9-17(22(13)30-21)16-3-5-26-20-10-15(12-29)32-24(16)20/h3,5,7,9-10,21,29H,2,4,6,8,11-12H2,1H3. The molecule has 0 saturated carbocycles. The minimum Gasteiger partial charge on any atom is -0.481 e. The molecule has 1 N–H and O–H groups in total. The Labute approximate surface area is 194 Å². The van der Waals surface area contributed by atoms with E-state index in [2.05, 4.69) is 22.0 Å². The number of benzene rings is 1. The highest BCUT2D eigenvalue weighted by molar-refractivity contribution is 7.19. The molecule has 6 nitrogen and oxygen atoms in total. The number of thiophene rings is 1. The Hall–Kier alpha value is -2.45. The minimum atomic E-state index is -0.219. The van der Waals surface area contributed by atoms with Crippen molar-refractivity contribution in [2.45, 2.75) is 39.0 Å². The molecule has 1 aromatic carbocycles. The number of fused-ring (bicyclic) bond motifs is 3. The summed E-state index contributed by atoms with van der Waals surface area (Å²) in [5, 5.41) is 14.6. The number of likely N-dealkylation sites (N-methyl/N-ethyl adjacent to an activating group) is 1. The molecular formula is C24H22ClN3O3S. The van der Waals surface area contributed by atoms with Gasteiger partial charge in [0.1, 0.15) is 5.75 Å². The molecule has 1 atom stereocenters. The van der Waals surface area contributed by atoms with E-state index < -0.39 is 0 Å². The maximum Gasteiger partial charge on any atom is 0.182 e. The second kappa shape index (κ2) is 7.85. The predicted molar refractivity (Wildman–Crippen MR) is 124 cm³/mol. The van der Waals surface area contributed by atoms with Gasteiger partial charge in [-0.05, 0) is 30.8 Å². The van der Waals surface area contributed by atoms with Crippen LogP contribution < -0.4 is 4.74 Å². The van der Waals surface area contributed by atoms with Crippen molar-refractivity contribution in [1.29, 1.82) is 0 Å². The topological polar surface area (TPSA) is 71.6 Å². The number of nitrogens with zero attached hydrogens (tertiary/aromatic N) is 3. The molecule has 0 radical (unpaired) electrons. The van der Waals surface area contributed by atoms with Crippen LogP contribution in [0.25, 0.3) is 21.3 Å². The van der Waals surface area contributed by atoms with E-state index >= 15 is 0 Å². The third-order valence-electron chi connectivity index (χ3n) is 6.39. The van der Waals surface area contributed by atoms with E-state index in [1.54, 1.807) is 17.5 Å². The van der Waals surface area contributed by atoms with Crippen molar-refractivity contribution in [3.8, 4) is 16.9 Å². The number of hydrogen-bond acceptors (Lipinski definition) is 7. The molecule has 2 aliphatic rings. The lowest BCUT2D eigenvalue weighted by atomic mass is 9.98. The van der Waals surface area contributed by atoms with Crippen molar-refractivity contribution in [2.24, 2.45) is 0 Å². The monoisotopic (exact) mass is 467 g/mol. The first-order valence-corrected chi connectivity index (χ1v) is 12.0. The predicted octanol–water partition coefficient (Wildman–Crippen LogP) is 5.15. The first-order valence-electron chi connectivity index (χ1n) is 10.8. The summed E-state index contributed by atoms with van der Waals surface area (Å²) < 4.78 is 13.4. The maximum absolute atomic E-state index is 9.59. The van der Waals surface area contributed by atoms with Gasteiger partial charge in [-0.15, -0.1) is 11.3 Å². The maximum atomic E-state index is 9.59. The SMILES string of the molecule is CCN1CCc2noc(C3Cc4cc(Cl)cc(-c5ccnc6cc(CO)sc56)c4O3)c2C1. The zero-order chi connectivity index (χ0) is 21.8. The van der Waals surface area contributed by atoms with Crippen LogP contribution in [0.15, 0.2) is 35.0 Å². The van der Waals surface area contributed by atoms with Gasteiger partial charge in [0.15, 0.2) is 11.9 Å². The molecule has 0 amide bonds. The van der Waals surface area contributed by atoms with Crippen LogP contribution in [0.2, 0.25) is 5.02 Å². The van der Waals surface area contributed by atoms with E-state index in [0.29, 0.717) is 11.4 Å². The Morgan fingerprint density at radius 2 is 2.19 bits per heavy atom. The fraction of sp³-hybridized carbons (Fsp3) is 0.333. The summed E-state index contributed by atoms with van der Waals surface area (Å²) in [6.07, 6.45) is 3.17. The average molecular weight is 468 g/mol. The average Bonchev–Trinajstić information content (AvgIpc) is 3.53. The van der Waals surface area contributed by atoms with E-state index in [-0.39, 0.29) is 12.7 Å². The molecule has 0 aliphatic carbocycles. The number of ether oxygens (including phenoxy) is 1. The van der Waals surface area contributed by atoms with E-state index in [9.17, 15) is 5.11 Å². The van der Waals surface area contributed by atoms with Crippen molar-refractivity contribution < 1.29 is 14.4 Å². The lowest BCUT2D eigenvalue weighted by Gasteiger charge is -2.25. The number of rotatable bonds is 4.